The van der Waals surface area contributed by atoms with Gasteiger partial charge in [-0.2, -0.15) is 0 Å². The lowest BCUT2D eigenvalue weighted by atomic mass is 10.0. The minimum absolute atomic E-state index is 0.0200. The Morgan fingerprint density at radius 3 is 2.59 bits per heavy atom. The molecule has 0 aliphatic carbocycles. The van der Waals surface area contributed by atoms with Gasteiger partial charge in [0, 0.05) is 53.3 Å². The molecule has 1 aliphatic rings. The zero-order chi connectivity index (χ0) is 20.5. The molecule has 3 aromatic rings. The molecule has 0 atom stereocenters. The molecule has 148 valence electrons. The SMILES string of the molecule is O=c1[nH]c(-c2ccc(Cl)cc2)nc2c1CN(Cc1ccc(Cl)cc1[N+](=O)[O-])CC2. The number of H-pyrrole nitrogens is 1. The minimum Gasteiger partial charge on any atom is -0.306 e. The number of aromatic nitrogens is 2. The number of nitro benzene ring substituents is 1. The van der Waals surface area contributed by atoms with Crippen LogP contribution in [-0.2, 0) is 19.5 Å². The molecule has 0 saturated heterocycles. The smallest absolute Gasteiger partial charge is 0.275 e. The molecule has 29 heavy (non-hydrogen) atoms. The van der Waals surface area contributed by atoms with Gasteiger partial charge in [-0.1, -0.05) is 23.2 Å². The lowest BCUT2D eigenvalue weighted by molar-refractivity contribution is -0.385. The molecule has 0 fully saturated rings. The first-order valence-electron chi connectivity index (χ1n) is 8.94. The minimum atomic E-state index is -0.439. The summed E-state index contributed by atoms with van der Waals surface area (Å²) in [6, 6.07) is 11.7. The second-order valence-electron chi connectivity index (χ2n) is 6.84. The molecule has 0 bridgehead atoms. The van der Waals surface area contributed by atoms with Crippen LogP contribution < -0.4 is 5.56 Å². The van der Waals surface area contributed by atoms with Crippen molar-refractivity contribution in [2.45, 2.75) is 19.5 Å². The number of rotatable bonds is 4. The van der Waals surface area contributed by atoms with E-state index in [0.717, 1.165) is 11.3 Å². The van der Waals surface area contributed by atoms with Crippen LogP contribution in [0.1, 0.15) is 16.8 Å². The first-order valence-corrected chi connectivity index (χ1v) is 9.69. The Hall–Kier alpha value is -2.74. The van der Waals surface area contributed by atoms with Gasteiger partial charge in [0.1, 0.15) is 5.82 Å². The predicted octanol–water partition coefficient (Wildman–Crippen LogP) is 4.21. The van der Waals surface area contributed by atoms with Crippen LogP contribution in [0.15, 0.2) is 47.3 Å². The number of nitrogens with zero attached hydrogens (tertiary/aromatic N) is 3. The summed E-state index contributed by atoms with van der Waals surface area (Å²) in [4.78, 5) is 33.0. The van der Waals surface area contributed by atoms with E-state index < -0.39 is 4.92 Å². The van der Waals surface area contributed by atoms with Gasteiger partial charge in [-0.15, -0.1) is 0 Å². The largest absolute Gasteiger partial charge is 0.306 e. The number of benzene rings is 2. The molecule has 7 nitrogen and oxygen atoms in total. The molecular formula is C20H16Cl2N4O3. The zero-order valence-corrected chi connectivity index (χ0v) is 16.7. The van der Waals surface area contributed by atoms with Gasteiger partial charge in [0.2, 0.25) is 0 Å². The van der Waals surface area contributed by atoms with E-state index in [1.165, 1.54) is 6.07 Å². The van der Waals surface area contributed by atoms with Gasteiger partial charge in [-0.25, -0.2) is 4.98 Å². The average Bonchev–Trinajstić information content (AvgIpc) is 2.70. The fraction of sp³-hybridized carbons (Fsp3) is 0.200. The van der Waals surface area contributed by atoms with Crippen molar-refractivity contribution in [2.75, 3.05) is 6.54 Å². The van der Waals surface area contributed by atoms with Gasteiger partial charge in [0.05, 0.1) is 16.2 Å². The molecule has 0 radical (unpaired) electrons. The molecule has 1 aromatic heterocycles. The monoisotopic (exact) mass is 430 g/mol. The fourth-order valence-corrected chi connectivity index (χ4v) is 3.73. The van der Waals surface area contributed by atoms with E-state index in [-0.39, 0.29) is 11.2 Å². The van der Waals surface area contributed by atoms with E-state index in [1.54, 1.807) is 24.3 Å². The molecule has 1 N–H and O–H groups in total. The highest BCUT2D eigenvalue weighted by Crippen LogP contribution is 2.26. The summed E-state index contributed by atoms with van der Waals surface area (Å²) in [5, 5.41) is 12.2. The van der Waals surface area contributed by atoms with Crippen molar-refractivity contribution in [3.05, 3.63) is 89.8 Å². The fourth-order valence-electron chi connectivity index (χ4n) is 3.44. The van der Waals surface area contributed by atoms with Crippen LogP contribution in [0, 0.1) is 10.1 Å². The van der Waals surface area contributed by atoms with E-state index in [0.29, 0.717) is 53.1 Å². The number of aromatic amines is 1. The van der Waals surface area contributed by atoms with Crippen molar-refractivity contribution in [3.63, 3.8) is 0 Å². The summed E-state index contributed by atoms with van der Waals surface area (Å²) in [6.45, 7) is 1.37. The molecule has 0 spiro atoms. The summed E-state index contributed by atoms with van der Waals surface area (Å²) in [5.74, 6) is 0.507. The second kappa shape index (κ2) is 7.94. The van der Waals surface area contributed by atoms with Crippen LogP contribution >= 0.6 is 23.2 Å². The number of nitrogens with one attached hydrogen (secondary N) is 1. The maximum Gasteiger partial charge on any atom is 0.275 e. The van der Waals surface area contributed by atoms with Gasteiger partial charge < -0.3 is 4.98 Å². The van der Waals surface area contributed by atoms with E-state index in [4.69, 9.17) is 23.2 Å². The molecule has 1 aliphatic heterocycles. The summed E-state index contributed by atoms with van der Waals surface area (Å²) in [5.41, 5.74) is 2.47. The maximum absolute atomic E-state index is 12.7. The second-order valence-corrected chi connectivity index (χ2v) is 7.71. The molecule has 0 amide bonds. The van der Waals surface area contributed by atoms with Crippen LogP contribution in [0.3, 0.4) is 0 Å². The number of halogens is 2. The Morgan fingerprint density at radius 1 is 1.14 bits per heavy atom. The predicted molar refractivity (Wildman–Crippen MR) is 111 cm³/mol. The highest BCUT2D eigenvalue weighted by Gasteiger charge is 2.24. The molecule has 4 rings (SSSR count). The zero-order valence-electron chi connectivity index (χ0n) is 15.2. The van der Waals surface area contributed by atoms with Crippen molar-refractivity contribution < 1.29 is 4.92 Å². The quantitative estimate of drug-likeness (QED) is 0.494. The number of hydrogen-bond acceptors (Lipinski definition) is 5. The van der Waals surface area contributed by atoms with E-state index >= 15 is 0 Å². The Bertz CT molecular complexity index is 1150. The van der Waals surface area contributed by atoms with Crippen molar-refractivity contribution >= 4 is 28.9 Å². The standard InChI is InChI=1S/C20H16Cl2N4O3/c21-14-4-1-12(2-5-14)19-23-17-7-8-25(11-16(17)20(27)24-19)10-13-3-6-15(22)9-18(13)26(28)29/h1-6,9H,7-8,10-11H2,(H,23,24,27). The van der Waals surface area contributed by atoms with Crippen molar-refractivity contribution in [2.24, 2.45) is 0 Å². The first kappa shape index (κ1) is 19.6. The first-order chi connectivity index (χ1) is 13.9. The van der Waals surface area contributed by atoms with E-state index in [9.17, 15) is 14.9 Å². The van der Waals surface area contributed by atoms with E-state index in [1.807, 2.05) is 17.0 Å². The van der Waals surface area contributed by atoms with Crippen LogP contribution in [-0.4, -0.2) is 26.3 Å². The van der Waals surface area contributed by atoms with Crippen molar-refractivity contribution in [3.8, 4) is 11.4 Å². The topological polar surface area (TPSA) is 92.1 Å². The van der Waals surface area contributed by atoms with E-state index in [2.05, 4.69) is 9.97 Å². The Balaban J connectivity index is 1.59. The van der Waals surface area contributed by atoms with Crippen LogP contribution in [0.2, 0.25) is 10.0 Å². The maximum atomic E-state index is 12.7. The molecule has 2 heterocycles. The summed E-state index contributed by atoms with van der Waals surface area (Å²) in [6.07, 6.45) is 0.585. The highest BCUT2D eigenvalue weighted by atomic mass is 35.5. The Kier molecular flexibility index (Phi) is 5.36. The van der Waals surface area contributed by atoms with Crippen molar-refractivity contribution in [1.29, 1.82) is 0 Å². The Morgan fingerprint density at radius 2 is 1.86 bits per heavy atom. The number of hydrogen-bond donors (Lipinski definition) is 1. The third kappa shape index (κ3) is 4.17. The third-order valence-electron chi connectivity index (χ3n) is 4.90. The normalized spacial score (nSPS) is 13.9. The molecule has 0 unspecified atom stereocenters. The Labute approximate surface area is 176 Å². The lowest BCUT2D eigenvalue weighted by Gasteiger charge is -2.27. The van der Waals surface area contributed by atoms with Crippen LogP contribution in [0.25, 0.3) is 11.4 Å². The summed E-state index contributed by atoms with van der Waals surface area (Å²) in [7, 11) is 0. The van der Waals surface area contributed by atoms with Gasteiger partial charge >= 0.3 is 0 Å². The average molecular weight is 431 g/mol. The van der Waals surface area contributed by atoms with Crippen molar-refractivity contribution in [1.82, 2.24) is 14.9 Å². The molecule has 9 heteroatoms. The van der Waals surface area contributed by atoms with Gasteiger partial charge in [0.25, 0.3) is 11.2 Å². The summed E-state index contributed by atoms with van der Waals surface area (Å²) < 4.78 is 0. The molecule has 0 saturated carbocycles. The molecule has 2 aromatic carbocycles. The number of fused-ring (bicyclic) bond motifs is 1. The van der Waals surface area contributed by atoms with Gasteiger partial charge in [-0.3, -0.25) is 19.8 Å². The summed E-state index contributed by atoms with van der Waals surface area (Å²) >= 11 is 11.8. The third-order valence-corrected chi connectivity index (χ3v) is 5.39. The number of nitro groups is 1. The highest BCUT2D eigenvalue weighted by molar-refractivity contribution is 6.31. The van der Waals surface area contributed by atoms with Gasteiger partial charge in [0.15, 0.2) is 0 Å². The van der Waals surface area contributed by atoms with Gasteiger partial charge in [-0.05, 0) is 36.4 Å². The van der Waals surface area contributed by atoms with Crippen LogP contribution in [0.4, 0.5) is 5.69 Å². The lowest BCUT2D eigenvalue weighted by Crippen LogP contribution is -2.35. The molecular weight excluding hydrogens is 415 g/mol. The van der Waals surface area contributed by atoms with Crippen LogP contribution in [0.5, 0.6) is 0 Å².